The maximum atomic E-state index is 6.37. The van der Waals surface area contributed by atoms with Crippen LogP contribution in [0.2, 0.25) is 4.34 Å². The normalized spacial score (nSPS) is 13.3. The molecule has 4 heteroatoms. The molecule has 0 atom stereocenters. The summed E-state index contributed by atoms with van der Waals surface area (Å²) in [4.78, 5) is 0. The molecule has 0 unspecified atom stereocenters. The van der Waals surface area contributed by atoms with Gasteiger partial charge in [0.15, 0.2) is 17.3 Å². The van der Waals surface area contributed by atoms with Crippen molar-refractivity contribution < 1.29 is 9.47 Å². The Labute approximate surface area is 124 Å². The van der Waals surface area contributed by atoms with E-state index in [1.54, 1.807) is 17.6 Å². The lowest BCUT2D eigenvalue weighted by Crippen LogP contribution is -2.03. The van der Waals surface area contributed by atoms with Crippen LogP contribution >= 0.6 is 22.9 Å². The van der Waals surface area contributed by atoms with Crippen LogP contribution < -0.4 is 9.47 Å². The largest absolute Gasteiger partial charge is 0.457 e. The first kappa shape index (κ1) is 11.8. The van der Waals surface area contributed by atoms with Gasteiger partial charge in [-0.05, 0) is 18.2 Å². The third-order valence-electron chi connectivity index (χ3n) is 3.16. The van der Waals surface area contributed by atoms with Crippen LogP contribution in [0.4, 0.5) is 0 Å². The predicted molar refractivity (Wildman–Crippen MR) is 82.5 cm³/mol. The second-order valence-corrected chi connectivity index (χ2v) is 6.05. The topological polar surface area (TPSA) is 18.5 Å². The van der Waals surface area contributed by atoms with Gasteiger partial charge < -0.3 is 9.47 Å². The van der Waals surface area contributed by atoms with Crippen molar-refractivity contribution in [3.8, 4) is 11.5 Å². The highest BCUT2D eigenvalue weighted by Crippen LogP contribution is 2.43. The summed E-state index contributed by atoms with van der Waals surface area (Å²) >= 11 is 7.91. The summed E-state index contributed by atoms with van der Waals surface area (Å²) in [6.07, 6.45) is 1.61. The van der Waals surface area contributed by atoms with Gasteiger partial charge in [-0.2, -0.15) is 0 Å². The first-order valence-electron chi connectivity index (χ1n) is 6.14. The van der Waals surface area contributed by atoms with Crippen molar-refractivity contribution in [2.24, 2.45) is 0 Å². The van der Waals surface area contributed by atoms with E-state index in [1.807, 2.05) is 48.5 Å². The number of hydrogen-bond acceptors (Lipinski definition) is 3. The maximum Gasteiger partial charge on any atom is 0.172 e. The lowest BCUT2D eigenvalue weighted by molar-refractivity contribution is 0.384. The molecule has 0 saturated heterocycles. The molecule has 0 aliphatic carbocycles. The third-order valence-corrected chi connectivity index (χ3v) is 4.54. The quantitative estimate of drug-likeness (QED) is 0.605. The molecular weight excluding hydrogens is 292 g/mol. The van der Waals surface area contributed by atoms with E-state index in [1.165, 1.54) is 0 Å². The average Bonchev–Trinajstić information content (AvgIpc) is 2.82. The molecule has 0 fully saturated rings. The summed E-state index contributed by atoms with van der Waals surface area (Å²) in [5.74, 6) is 2.06. The molecule has 4 rings (SSSR count). The Bertz CT molecular complexity index is 835. The van der Waals surface area contributed by atoms with Gasteiger partial charge in [0.1, 0.15) is 10.6 Å². The molecule has 0 radical (unpaired) electrons. The number of thiophene rings is 1. The van der Waals surface area contributed by atoms with Crippen LogP contribution in [-0.2, 0) is 0 Å². The Hall–Kier alpha value is -1.97. The third kappa shape index (κ3) is 1.79. The van der Waals surface area contributed by atoms with Gasteiger partial charge in [-0.3, -0.25) is 0 Å². The number of para-hydroxylation sites is 2. The molecule has 1 aliphatic rings. The molecule has 1 aromatic heterocycles. The Morgan fingerprint density at radius 1 is 0.900 bits per heavy atom. The summed E-state index contributed by atoms with van der Waals surface area (Å²) in [5.41, 5.74) is 0.891. The minimum Gasteiger partial charge on any atom is -0.457 e. The van der Waals surface area contributed by atoms with Crippen molar-refractivity contribution in [1.82, 2.24) is 0 Å². The van der Waals surface area contributed by atoms with Crippen LogP contribution in [0.1, 0.15) is 5.56 Å². The number of ether oxygens (including phenoxy) is 2. The molecule has 0 spiro atoms. The fraction of sp³-hybridized carbons (Fsp3) is 0. The standard InChI is InChI=1S/C16H9ClO2S/c17-16-15(10-5-1-4-8-14(10)20-16)13-9-18-11-6-2-3-7-12(11)19-13/h1-9H. The van der Waals surface area contributed by atoms with Gasteiger partial charge in [-0.25, -0.2) is 0 Å². The van der Waals surface area contributed by atoms with E-state index in [9.17, 15) is 0 Å². The summed E-state index contributed by atoms with van der Waals surface area (Å²) in [7, 11) is 0. The number of halogens is 1. The van der Waals surface area contributed by atoms with Gasteiger partial charge in [-0.15, -0.1) is 11.3 Å². The smallest absolute Gasteiger partial charge is 0.172 e. The van der Waals surface area contributed by atoms with Crippen LogP contribution in [0.5, 0.6) is 11.5 Å². The molecule has 2 nitrogen and oxygen atoms in total. The molecule has 98 valence electrons. The van der Waals surface area contributed by atoms with Crippen molar-refractivity contribution in [3.63, 3.8) is 0 Å². The predicted octanol–water partition coefficient (Wildman–Crippen LogP) is 5.32. The van der Waals surface area contributed by atoms with Crippen LogP contribution in [0, 0.1) is 0 Å². The second-order valence-electron chi connectivity index (χ2n) is 4.40. The summed E-state index contributed by atoms with van der Waals surface area (Å²) in [5, 5.41) is 1.08. The minimum atomic E-state index is 0.645. The van der Waals surface area contributed by atoms with E-state index in [0.29, 0.717) is 21.6 Å². The maximum absolute atomic E-state index is 6.37. The Morgan fingerprint density at radius 2 is 1.65 bits per heavy atom. The van der Waals surface area contributed by atoms with E-state index in [2.05, 4.69) is 0 Å². The first-order valence-corrected chi connectivity index (χ1v) is 7.33. The number of fused-ring (bicyclic) bond motifs is 2. The van der Waals surface area contributed by atoms with Gasteiger partial charge in [0.2, 0.25) is 0 Å². The zero-order valence-corrected chi connectivity index (χ0v) is 11.9. The van der Waals surface area contributed by atoms with Gasteiger partial charge in [-0.1, -0.05) is 41.9 Å². The Balaban J connectivity index is 1.85. The first-order chi connectivity index (χ1) is 9.83. The highest BCUT2D eigenvalue weighted by atomic mass is 35.5. The molecule has 2 aromatic carbocycles. The lowest BCUT2D eigenvalue weighted by Gasteiger charge is -2.18. The summed E-state index contributed by atoms with van der Waals surface area (Å²) < 4.78 is 13.4. The minimum absolute atomic E-state index is 0.645. The second kappa shape index (κ2) is 4.54. The van der Waals surface area contributed by atoms with Crippen molar-refractivity contribution in [2.45, 2.75) is 0 Å². The van der Waals surface area contributed by atoms with E-state index in [0.717, 1.165) is 15.6 Å². The summed E-state index contributed by atoms with van der Waals surface area (Å²) in [6, 6.07) is 15.7. The molecule has 20 heavy (non-hydrogen) atoms. The lowest BCUT2D eigenvalue weighted by atomic mass is 10.1. The van der Waals surface area contributed by atoms with E-state index in [4.69, 9.17) is 21.1 Å². The Morgan fingerprint density at radius 3 is 2.55 bits per heavy atom. The Kier molecular flexibility index (Phi) is 2.69. The van der Waals surface area contributed by atoms with Crippen molar-refractivity contribution in [2.75, 3.05) is 0 Å². The molecule has 0 amide bonds. The monoisotopic (exact) mass is 300 g/mol. The van der Waals surface area contributed by atoms with Crippen molar-refractivity contribution >= 4 is 38.8 Å². The van der Waals surface area contributed by atoms with Gasteiger partial charge >= 0.3 is 0 Å². The van der Waals surface area contributed by atoms with Gasteiger partial charge in [0.25, 0.3) is 0 Å². The highest BCUT2D eigenvalue weighted by Gasteiger charge is 2.21. The van der Waals surface area contributed by atoms with E-state index < -0.39 is 0 Å². The van der Waals surface area contributed by atoms with Gasteiger partial charge in [0.05, 0.1) is 5.56 Å². The fourth-order valence-electron chi connectivity index (χ4n) is 2.25. The van der Waals surface area contributed by atoms with Crippen LogP contribution in [0.25, 0.3) is 15.8 Å². The zero-order valence-electron chi connectivity index (χ0n) is 10.3. The van der Waals surface area contributed by atoms with Gasteiger partial charge in [0, 0.05) is 10.1 Å². The van der Waals surface area contributed by atoms with E-state index in [-0.39, 0.29) is 0 Å². The van der Waals surface area contributed by atoms with Crippen LogP contribution in [-0.4, -0.2) is 0 Å². The molecule has 0 bridgehead atoms. The van der Waals surface area contributed by atoms with Crippen LogP contribution in [0.3, 0.4) is 0 Å². The number of hydrogen-bond donors (Lipinski definition) is 0. The molecule has 1 aliphatic heterocycles. The van der Waals surface area contributed by atoms with Crippen LogP contribution in [0.15, 0.2) is 54.8 Å². The molecule has 3 aromatic rings. The van der Waals surface area contributed by atoms with E-state index >= 15 is 0 Å². The number of rotatable bonds is 1. The highest BCUT2D eigenvalue weighted by molar-refractivity contribution is 7.23. The molecule has 0 saturated carbocycles. The fourth-order valence-corrected chi connectivity index (χ4v) is 3.62. The molecule has 2 heterocycles. The zero-order chi connectivity index (χ0) is 13.5. The molecule has 0 N–H and O–H groups in total. The molecular formula is C16H9ClO2S. The SMILES string of the molecule is Clc1sc2ccccc2c1C1=COc2ccccc2O1. The number of benzene rings is 2. The summed E-state index contributed by atoms with van der Waals surface area (Å²) in [6.45, 7) is 0. The van der Waals surface area contributed by atoms with Crippen molar-refractivity contribution in [3.05, 3.63) is 64.7 Å². The average molecular weight is 301 g/mol. The van der Waals surface area contributed by atoms with Crippen molar-refractivity contribution in [1.29, 1.82) is 0 Å².